The van der Waals surface area contributed by atoms with Crippen LogP contribution in [0.25, 0.3) is 6.08 Å². The van der Waals surface area contributed by atoms with Gasteiger partial charge < -0.3 is 10.1 Å². The largest absolute Gasteiger partial charge is 0.496 e. The summed E-state index contributed by atoms with van der Waals surface area (Å²) in [5.41, 5.74) is 0.966. The third-order valence-electron chi connectivity index (χ3n) is 2.91. The number of rotatable bonds is 5. The molecule has 1 unspecified atom stereocenters. The number of benzene rings is 1. The van der Waals surface area contributed by atoms with Crippen molar-refractivity contribution >= 4 is 23.3 Å². The van der Waals surface area contributed by atoms with E-state index in [1.54, 1.807) is 24.5 Å². The zero-order valence-electron chi connectivity index (χ0n) is 11.5. The smallest absolute Gasteiger partial charge is 0.244 e. The third kappa shape index (κ3) is 3.71. The molecule has 1 N–H and O–H groups in total. The summed E-state index contributed by atoms with van der Waals surface area (Å²) < 4.78 is 5.30. The molecule has 1 aromatic carbocycles. The van der Waals surface area contributed by atoms with Crippen molar-refractivity contribution in [3.05, 3.63) is 58.3 Å². The Kier molecular flexibility index (Phi) is 4.96. The first-order valence-electron chi connectivity index (χ1n) is 6.35. The topological polar surface area (TPSA) is 38.3 Å². The summed E-state index contributed by atoms with van der Waals surface area (Å²) in [7, 11) is 1.63. The lowest BCUT2D eigenvalue weighted by atomic mass is 10.1. The number of para-hydroxylation sites is 1. The SMILES string of the molecule is COc1ccccc1C(C)NC(=O)/C=C/c1cccs1. The lowest BCUT2D eigenvalue weighted by molar-refractivity contribution is -0.117. The predicted molar refractivity (Wildman–Crippen MR) is 82.9 cm³/mol. The summed E-state index contributed by atoms with van der Waals surface area (Å²) in [6, 6.07) is 11.5. The maximum absolute atomic E-state index is 11.9. The van der Waals surface area contributed by atoms with Crippen LogP contribution < -0.4 is 10.1 Å². The van der Waals surface area contributed by atoms with E-state index in [2.05, 4.69) is 5.32 Å². The van der Waals surface area contributed by atoms with Crippen molar-refractivity contribution in [1.82, 2.24) is 5.32 Å². The first kappa shape index (κ1) is 14.3. The van der Waals surface area contributed by atoms with Crippen LogP contribution in [-0.4, -0.2) is 13.0 Å². The number of methoxy groups -OCH3 is 1. The molecular weight excluding hydrogens is 270 g/mol. The van der Waals surface area contributed by atoms with Gasteiger partial charge in [0, 0.05) is 16.5 Å². The number of amides is 1. The van der Waals surface area contributed by atoms with Crippen molar-refractivity contribution < 1.29 is 9.53 Å². The number of hydrogen-bond donors (Lipinski definition) is 1. The lowest BCUT2D eigenvalue weighted by Gasteiger charge is -2.16. The van der Waals surface area contributed by atoms with Gasteiger partial charge >= 0.3 is 0 Å². The Labute approximate surface area is 122 Å². The fourth-order valence-corrected chi connectivity index (χ4v) is 2.53. The van der Waals surface area contributed by atoms with Crippen molar-refractivity contribution in [1.29, 1.82) is 0 Å². The number of ether oxygens (including phenoxy) is 1. The summed E-state index contributed by atoms with van der Waals surface area (Å²) in [6.07, 6.45) is 3.37. The highest BCUT2D eigenvalue weighted by molar-refractivity contribution is 7.10. The van der Waals surface area contributed by atoms with E-state index in [0.29, 0.717) is 0 Å². The van der Waals surface area contributed by atoms with Gasteiger partial charge in [-0.3, -0.25) is 4.79 Å². The number of hydrogen-bond acceptors (Lipinski definition) is 3. The van der Waals surface area contributed by atoms with Gasteiger partial charge in [0.1, 0.15) is 5.75 Å². The first-order chi connectivity index (χ1) is 9.70. The van der Waals surface area contributed by atoms with Gasteiger partial charge in [-0.2, -0.15) is 0 Å². The maximum Gasteiger partial charge on any atom is 0.244 e. The molecule has 1 atom stereocenters. The van der Waals surface area contributed by atoms with Crippen molar-refractivity contribution in [2.75, 3.05) is 7.11 Å². The quantitative estimate of drug-likeness (QED) is 0.853. The zero-order chi connectivity index (χ0) is 14.4. The fraction of sp³-hybridized carbons (Fsp3) is 0.188. The number of carbonyl (C=O) groups excluding carboxylic acids is 1. The van der Waals surface area contributed by atoms with Gasteiger partial charge in [-0.05, 0) is 30.5 Å². The molecule has 0 aliphatic carbocycles. The van der Waals surface area contributed by atoms with Crippen molar-refractivity contribution in [3.8, 4) is 5.75 Å². The molecule has 20 heavy (non-hydrogen) atoms. The molecule has 0 saturated heterocycles. The van der Waals surface area contributed by atoms with Gasteiger partial charge in [0.15, 0.2) is 0 Å². The van der Waals surface area contributed by atoms with Crippen LogP contribution in [0.2, 0.25) is 0 Å². The van der Waals surface area contributed by atoms with Gasteiger partial charge in [-0.1, -0.05) is 24.3 Å². The van der Waals surface area contributed by atoms with Crippen LogP contribution in [0, 0.1) is 0 Å². The Morgan fingerprint density at radius 1 is 1.30 bits per heavy atom. The molecule has 4 heteroatoms. The van der Waals surface area contributed by atoms with E-state index >= 15 is 0 Å². The van der Waals surface area contributed by atoms with E-state index in [-0.39, 0.29) is 11.9 Å². The van der Waals surface area contributed by atoms with Gasteiger partial charge in [0.25, 0.3) is 0 Å². The van der Waals surface area contributed by atoms with Crippen molar-refractivity contribution in [2.24, 2.45) is 0 Å². The van der Waals surface area contributed by atoms with E-state index in [1.165, 1.54) is 0 Å². The minimum Gasteiger partial charge on any atom is -0.496 e. The average molecular weight is 287 g/mol. The van der Waals surface area contributed by atoms with Crippen LogP contribution in [0.3, 0.4) is 0 Å². The highest BCUT2D eigenvalue weighted by Crippen LogP contribution is 2.24. The second-order valence-electron chi connectivity index (χ2n) is 4.32. The monoisotopic (exact) mass is 287 g/mol. The second kappa shape index (κ2) is 6.91. The standard InChI is InChI=1S/C16H17NO2S/c1-12(14-7-3-4-8-15(14)19-2)17-16(18)10-9-13-6-5-11-20-13/h3-12H,1-2H3,(H,17,18)/b10-9+. The normalized spacial score (nSPS) is 12.3. The molecule has 2 aromatic rings. The Morgan fingerprint density at radius 3 is 2.80 bits per heavy atom. The predicted octanol–water partition coefficient (Wildman–Crippen LogP) is 3.65. The molecule has 1 amide bonds. The van der Waals surface area contributed by atoms with E-state index < -0.39 is 0 Å². The van der Waals surface area contributed by atoms with Crippen molar-refractivity contribution in [2.45, 2.75) is 13.0 Å². The Bertz CT molecular complexity index is 590. The molecule has 0 spiro atoms. The summed E-state index contributed by atoms with van der Waals surface area (Å²) in [4.78, 5) is 12.9. The molecule has 0 saturated carbocycles. The van der Waals surface area contributed by atoms with E-state index in [1.807, 2.05) is 54.8 Å². The highest BCUT2D eigenvalue weighted by atomic mass is 32.1. The van der Waals surface area contributed by atoms with Crippen LogP contribution in [0.5, 0.6) is 5.75 Å². The van der Waals surface area contributed by atoms with Crippen LogP contribution in [-0.2, 0) is 4.79 Å². The molecule has 0 aliphatic heterocycles. The van der Waals surface area contributed by atoms with Crippen LogP contribution in [0.4, 0.5) is 0 Å². The second-order valence-corrected chi connectivity index (χ2v) is 5.30. The molecule has 0 radical (unpaired) electrons. The van der Waals surface area contributed by atoms with E-state index in [4.69, 9.17) is 4.74 Å². The molecule has 3 nitrogen and oxygen atoms in total. The third-order valence-corrected chi connectivity index (χ3v) is 3.74. The minimum atomic E-state index is -0.114. The highest BCUT2D eigenvalue weighted by Gasteiger charge is 2.11. The molecule has 2 rings (SSSR count). The fourth-order valence-electron chi connectivity index (χ4n) is 1.91. The average Bonchev–Trinajstić information content (AvgIpc) is 2.98. The van der Waals surface area contributed by atoms with Crippen LogP contribution in [0.15, 0.2) is 47.9 Å². The molecule has 1 heterocycles. The molecular formula is C16H17NO2S. The Balaban J connectivity index is 2.00. The summed E-state index contributed by atoms with van der Waals surface area (Å²) in [5.74, 6) is 0.666. The Morgan fingerprint density at radius 2 is 2.10 bits per heavy atom. The summed E-state index contributed by atoms with van der Waals surface area (Å²) in [5, 5.41) is 4.91. The molecule has 0 fully saturated rings. The van der Waals surface area contributed by atoms with Gasteiger partial charge in [-0.25, -0.2) is 0 Å². The van der Waals surface area contributed by atoms with Gasteiger partial charge in [-0.15, -0.1) is 11.3 Å². The summed E-state index contributed by atoms with van der Waals surface area (Å²) in [6.45, 7) is 1.94. The maximum atomic E-state index is 11.9. The van der Waals surface area contributed by atoms with Gasteiger partial charge in [0.05, 0.1) is 13.2 Å². The van der Waals surface area contributed by atoms with Gasteiger partial charge in [0.2, 0.25) is 5.91 Å². The zero-order valence-corrected chi connectivity index (χ0v) is 12.3. The molecule has 0 aliphatic rings. The number of nitrogens with one attached hydrogen (secondary N) is 1. The van der Waals surface area contributed by atoms with Crippen LogP contribution in [0.1, 0.15) is 23.4 Å². The molecule has 104 valence electrons. The Hall–Kier alpha value is -2.07. The van der Waals surface area contributed by atoms with Crippen LogP contribution >= 0.6 is 11.3 Å². The first-order valence-corrected chi connectivity index (χ1v) is 7.23. The van der Waals surface area contributed by atoms with E-state index in [0.717, 1.165) is 16.2 Å². The minimum absolute atomic E-state index is 0.105. The molecule has 0 bridgehead atoms. The van der Waals surface area contributed by atoms with Crippen molar-refractivity contribution in [3.63, 3.8) is 0 Å². The number of thiophene rings is 1. The van der Waals surface area contributed by atoms with E-state index in [9.17, 15) is 4.79 Å². The summed E-state index contributed by atoms with van der Waals surface area (Å²) >= 11 is 1.60. The lowest BCUT2D eigenvalue weighted by Crippen LogP contribution is -2.24. The number of carbonyl (C=O) groups is 1. The molecule has 1 aromatic heterocycles.